The Labute approximate surface area is 104 Å². The van der Waals surface area contributed by atoms with Crippen molar-refractivity contribution in [3.05, 3.63) is 35.4 Å². The van der Waals surface area contributed by atoms with Gasteiger partial charge in [-0.1, -0.05) is 38.1 Å². The molecule has 0 spiro atoms. The van der Waals surface area contributed by atoms with Crippen LogP contribution in [0.4, 0.5) is 0 Å². The van der Waals surface area contributed by atoms with Gasteiger partial charge in [-0.25, -0.2) is 0 Å². The van der Waals surface area contributed by atoms with E-state index in [-0.39, 0.29) is 5.54 Å². The monoisotopic (exact) mass is 233 g/mol. The molecule has 94 valence electrons. The molecule has 1 aromatic rings. The van der Waals surface area contributed by atoms with Crippen LogP contribution in [-0.2, 0) is 10.3 Å². The quantitative estimate of drug-likeness (QED) is 0.871. The lowest BCUT2D eigenvalue weighted by molar-refractivity contribution is 0.104. The van der Waals surface area contributed by atoms with Crippen molar-refractivity contribution >= 4 is 0 Å². The standard InChI is InChI=1S/C15H23NO/c1-11-8-9-15(16,12(2)10-17-3)14-7-5-4-6-13(11)14/h4-7,11-12H,8-10,16H2,1-3H3. The lowest BCUT2D eigenvalue weighted by Gasteiger charge is -2.42. The molecule has 2 rings (SSSR count). The average molecular weight is 233 g/mol. The highest BCUT2D eigenvalue weighted by atomic mass is 16.5. The van der Waals surface area contributed by atoms with E-state index in [0.717, 1.165) is 13.0 Å². The molecule has 3 atom stereocenters. The molecule has 2 nitrogen and oxygen atoms in total. The van der Waals surface area contributed by atoms with Crippen LogP contribution in [0.15, 0.2) is 24.3 Å². The van der Waals surface area contributed by atoms with Gasteiger partial charge in [0.25, 0.3) is 0 Å². The normalized spacial score (nSPS) is 29.8. The summed E-state index contributed by atoms with van der Waals surface area (Å²) in [4.78, 5) is 0. The Morgan fingerprint density at radius 2 is 2.18 bits per heavy atom. The number of ether oxygens (including phenoxy) is 1. The van der Waals surface area contributed by atoms with Crippen molar-refractivity contribution in [3.63, 3.8) is 0 Å². The molecule has 0 heterocycles. The summed E-state index contributed by atoms with van der Waals surface area (Å²) in [5.74, 6) is 0.971. The molecule has 0 fully saturated rings. The van der Waals surface area contributed by atoms with Crippen LogP contribution in [0.2, 0.25) is 0 Å². The van der Waals surface area contributed by atoms with Crippen LogP contribution in [0.5, 0.6) is 0 Å². The van der Waals surface area contributed by atoms with Gasteiger partial charge >= 0.3 is 0 Å². The average Bonchev–Trinajstić information content (AvgIpc) is 2.35. The van der Waals surface area contributed by atoms with E-state index in [2.05, 4.69) is 38.1 Å². The molecule has 1 aliphatic rings. The molecule has 3 unspecified atom stereocenters. The van der Waals surface area contributed by atoms with E-state index in [9.17, 15) is 0 Å². The Morgan fingerprint density at radius 1 is 1.47 bits per heavy atom. The molecule has 1 aliphatic carbocycles. The second-order valence-corrected chi connectivity index (χ2v) is 5.42. The number of hydrogen-bond acceptors (Lipinski definition) is 2. The van der Waals surface area contributed by atoms with E-state index in [4.69, 9.17) is 10.5 Å². The van der Waals surface area contributed by atoms with Crippen LogP contribution in [-0.4, -0.2) is 13.7 Å². The smallest absolute Gasteiger partial charge is 0.0508 e. The van der Waals surface area contributed by atoms with Gasteiger partial charge in [0.1, 0.15) is 0 Å². The first kappa shape index (κ1) is 12.6. The van der Waals surface area contributed by atoms with Crippen LogP contribution in [0.3, 0.4) is 0 Å². The van der Waals surface area contributed by atoms with Gasteiger partial charge in [-0.2, -0.15) is 0 Å². The van der Waals surface area contributed by atoms with Crippen LogP contribution >= 0.6 is 0 Å². The molecule has 17 heavy (non-hydrogen) atoms. The third kappa shape index (κ3) is 2.12. The van der Waals surface area contributed by atoms with Crippen molar-refractivity contribution in [2.24, 2.45) is 11.7 Å². The second kappa shape index (κ2) is 4.79. The number of methoxy groups -OCH3 is 1. The number of rotatable bonds is 3. The van der Waals surface area contributed by atoms with Gasteiger partial charge in [0.15, 0.2) is 0 Å². The van der Waals surface area contributed by atoms with Gasteiger partial charge in [-0.05, 0) is 29.9 Å². The summed E-state index contributed by atoms with van der Waals surface area (Å²) >= 11 is 0. The summed E-state index contributed by atoms with van der Waals surface area (Å²) in [6, 6.07) is 8.62. The fraction of sp³-hybridized carbons (Fsp3) is 0.600. The van der Waals surface area contributed by atoms with E-state index < -0.39 is 0 Å². The van der Waals surface area contributed by atoms with Crippen LogP contribution in [0, 0.1) is 5.92 Å². The topological polar surface area (TPSA) is 35.2 Å². The largest absolute Gasteiger partial charge is 0.384 e. The predicted molar refractivity (Wildman–Crippen MR) is 71.0 cm³/mol. The van der Waals surface area contributed by atoms with Crippen LogP contribution < -0.4 is 5.73 Å². The highest BCUT2D eigenvalue weighted by Gasteiger charge is 2.39. The van der Waals surface area contributed by atoms with Crippen molar-refractivity contribution < 1.29 is 4.74 Å². The molecule has 1 aromatic carbocycles. The van der Waals surface area contributed by atoms with E-state index in [1.807, 2.05) is 0 Å². The zero-order chi connectivity index (χ0) is 12.5. The van der Waals surface area contributed by atoms with Crippen molar-refractivity contribution in [1.29, 1.82) is 0 Å². The third-order valence-electron chi connectivity index (χ3n) is 4.28. The molecular formula is C15H23NO. The molecule has 2 N–H and O–H groups in total. The van der Waals surface area contributed by atoms with Gasteiger partial charge in [0, 0.05) is 18.6 Å². The maximum Gasteiger partial charge on any atom is 0.0508 e. The van der Waals surface area contributed by atoms with E-state index >= 15 is 0 Å². The Kier molecular flexibility index (Phi) is 3.55. The van der Waals surface area contributed by atoms with Crippen LogP contribution in [0.25, 0.3) is 0 Å². The summed E-state index contributed by atoms with van der Waals surface area (Å²) in [6.45, 7) is 5.20. The van der Waals surface area contributed by atoms with E-state index in [1.54, 1.807) is 7.11 Å². The molecule has 0 aliphatic heterocycles. The first-order valence-corrected chi connectivity index (χ1v) is 6.47. The van der Waals surface area contributed by atoms with Crippen molar-refractivity contribution in [2.45, 2.75) is 38.1 Å². The Balaban J connectivity index is 2.41. The molecule has 0 aromatic heterocycles. The summed E-state index contributed by atoms with van der Waals surface area (Å²) in [5.41, 5.74) is 9.20. The van der Waals surface area contributed by atoms with Crippen molar-refractivity contribution in [3.8, 4) is 0 Å². The lowest BCUT2D eigenvalue weighted by atomic mass is 9.68. The van der Waals surface area contributed by atoms with E-state index in [0.29, 0.717) is 11.8 Å². The molecule has 2 heteroatoms. The molecular weight excluding hydrogens is 210 g/mol. The third-order valence-corrected chi connectivity index (χ3v) is 4.28. The van der Waals surface area contributed by atoms with Gasteiger partial charge in [-0.15, -0.1) is 0 Å². The second-order valence-electron chi connectivity index (χ2n) is 5.42. The molecule has 0 saturated carbocycles. The number of benzene rings is 1. The van der Waals surface area contributed by atoms with Gasteiger partial charge < -0.3 is 10.5 Å². The van der Waals surface area contributed by atoms with E-state index in [1.165, 1.54) is 17.5 Å². The maximum absolute atomic E-state index is 6.68. The number of hydrogen-bond donors (Lipinski definition) is 1. The predicted octanol–water partition coefficient (Wildman–Crippen LogP) is 3.02. The molecule has 0 saturated heterocycles. The Hall–Kier alpha value is -0.860. The first-order valence-electron chi connectivity index (χ1n) is 6.47. The Bertz CT molecular complexity index is 390. The molecule has 0 amide bonds. The minimum atomic E-state index is -0.223. The maximum atomic E-state index is 6.68. The minimum Gasteiger partial charge on any atom is -0.384 e. The van der Waals surface area contributed by atoms with Gasteiger partial charge in [0.2, 0.25) is 0 Å². The van der Waals surface area contributed by atoms with Gasteiger partial charge in [-0.3, -0.25) is 0 Å². The Morgan fingerprint density at radius 3 is 2.88 bits per heavy atom. The van der Waals surface area contributed by atoms with Crippen molar-refractivity contribution in [2.75, 3.05) is 13.7 Å². The summed E-state index contributed by atoms with van der Waals surface area (Å²) in [5, 5.41) is 0. The fourth-order valence-electron chi connectivity index (χ4n) is 3.01. The zero-order valence-electron chi connectivity index (χ0n) is 11.1. The van der Waals surface area contributed by atoms with Gasteiger partial charge in [0.05, 0.1) is 6.61 Å². The minimum absolute atomic E-state index is 0.223. The highest BCUT2D eigenvalue weighted by Crippen LogP contribution is 2.43. The SMILES string of the molecule is COCC(C)C1(N)CCC(C)c2ccccc21. The zero-order valence-corrected chi connectivity index (χ0v) is 11.1. The molecule has 0 bridgehead atoms. The number of nitrogens with two attached hydrogens (primary N) is 1. The summed E-state index contributed by atoms with van der Waals surface area (Å²) < 4.78 is 5.28. The summed E-state index contributed by atoms with van der Waals surface area (Å²) in [7, 11) is 1.75. The summed E-state index contributed by atoms with van der Waals surface area (Å²) in [6.07, 6.45) is 2.22. The van der Waals surface area contributed by atoms with Crippen LogP contribution in [0.1, 0.15) is 43.7 Å². The molecule has 0 radical (unpaired) electrons. The lowest BCUT2D eigenvalue weighted by Crippen LogP contribution is -2.47. The van der Waals surface area contributed by atoms with Crippen molar-refractivity contribution in [1.82, 2.24) is 0 Å². The first-order chi connectivity index (χ1) is 8.09. The highest BCUT2D eigenvalue weighted by molar-refractivity contribution is 5.38. The fourth-order valence-corrected chi connectivity index (χ4v) is 3.01. The number of fused-ring (bicyclic) bond motifs is 1.